The van der Waals surface area contributed by atoms with Crippen LogP contribution in [0.5, 0.6) is 5.75 Å². The van der Waals surface area contributed by atoms with Gasteiger partial charge in [0.2, 0.25) is 11.8 Å². The van der Waals surface area contributed by atoms with Crippen molar-refractivity contribution in [2.75, 3.05) is 17.5 Å². The van der Waals surface area contributed by atoms with Gasteiger partial charge in [-0.2, -0.15) is 0 Å². The van der Waals surface area contributed by atoms with Gasteiger partial charge < -0.3 is 15.0 Å². The lowest BCUT2D eigenvalue weighted by molar-refractivity contribution is -0.140. The molecule has 0 heterocycles. The first-order valence-electron chi connectivity index (χ1n) is 15.9. The van der Waals surface area contributed by atoms with Crippen LogP contribution in [0.2, 0.25) is 0 Å². The van der Waals surface area contributed by atoms with E-state index in [2.05, 4.69) is 21.2 Å². The summed E-state index contributed by atoms with van der Waals surface area (Å²) in [6.45, 7) is 1.91. The van der Waals surface area contributed by atoms with Gasteiger partial charge in [-0.05, 0) is 79.4 Å². The molecule has 8 nitrogen and oxygen atoms in total. The standard InChI is InChI=1S/C37H40BrN3O5S/c1-2-46-33-20-22-34(23-21-33)47(44,45)41(32-18-7-4-8-19-32)27-36(42)40(26-29-14-11-15-30(38)24-29)35(25-28-12-5-3-6-13-28)37(43)39-31-16-9-10-17-31/h3-8,11-15,18-24,31,35H,2,9-10,16-17,25-27H2,1H3,(H,39,43)/t35-/m1/s1. The smallest absolute Gasteiger partial charge is 0.264 e. The average molecular weight is 719 g/mol. The summed E-state index contributed by atoms with van der Waals surface area (Å²) in [5.74, 6) is -0.193. The maximum Gasteiger partial charge on any atom is 0.264 e. The number of hydrogen-bond donors (Lipinski definition) is 1. The molecule has 1 N–H and O–H groups in total. The monoisotopic (exact) mass is 717 g/mol. The Bertz CT molecular complexity index is 1730. The molecule has 10 heteroatoms. The first-order valence-corrected chi connectivity index (χ1v) is 18.2. The second-order valence-electron chi connectivity index (χ2n) is 11.6. The average Bonchev–Trinajstić information content (AvgIpc) is 3.59. The van der Waals surface area contributed by atoms with Gasteiger partial charge >= 0.3 is 0 Å². The fourth-order valence-electron chi connectivity index (χ4n) is 5.88. The fraction of sp³-hybridized carbons (Fsp3) is 0.297. The lowest BCUT2D eigenvalue weighted by atomic mass is 10.0. The van der Waals surface area contributed by atoms with Crippen molar-refractivity contribution >= 4 is 43.5 Å². The van der Waals surface area contributed by atoms with E-state index >= 15 is 0 Å². The van der Waals surface area contributed by atoms with Crippen LogP contribution in [0.15, 0.2) is 119 Å². The van der Waals surface area contributed by atoms with Gasteiger partial charge in [0.25, 0.3) is 10.0 Å². The number of benzene rings is 4. The summed E-state index contributed by atoms with van der Waals surface area (Å²) >= 11 is 3.53. The zero-order valence-corrected chi connectivity index (χ0v) is 28.8. The minimum atomic E-state index is -4.20. The summed E-state index contributed by atoms with van der Waals surface area (Å²) in [7, 11) is -4.20. The molecular weight excluding hydrogens is 678 g/mol. The molecule has 246 valence electrons. The van der Waals surface area contributed by atoms with Crippen molar-refractivity contribution in [2.45, 2.75) is 62.6 Å². The van der Waals surface area contributed by atoms with Gasteiger partial charge in [-0.25, -0.2) is 8.42 Å². The van der Waals surface area contributed by atoms with Gasteiger partial charge in [0.05, 0.1) is 17.2 Å². The highest BCUT2D eigenvalue weighted by atomic mass is 79.9. The number of anilines is 1. The maximum atomic E-state index is 14.6. The zero-order valence-electron chi connectivity index (χ0n) is 26.4. The summed E-state index contributed by atoms with van der Waals surface area (Å²) in [5.41, 5.74) is 2.04. The molecule has 0 unspecified atom stereocenters. The molecule has 1 saturated carbocycles. The van der Waals surface area contributed by atoms with Crippen molar-refractivity contribution in [3.63, 3.8) is 0 Å². The van der Waals surface area contributed by atoms with E-state index in [-0.39, 0.29) is 29.8 Å². The van der Waals surface area contributed by atoms with Gasteiger partial charge in [-0.1, -0.05) is 89.4 Å². The summed E-state index contributed by atoms with van der Waals surface area (Å²) in [6, 6.07) is 31.0. The van der Waals surface area contributed by atoms with E-state index in [0.717, 1.165) is 45.6 Å². The van der Waals surface area contributed by atoms with Crippen molar-refractivity contribution in [1.82, 2.24) is 10.2 Å². The molecule has 0 aromatic heterocycles. The third-order valence-electron chi connectivity index (χ3n) is 8.26. The largest absolute Gasteiger partial charge is 0.494 e. The number of ether oxygens (including phenoxy) is 1. The molecule has 0 bridgehead atoms. The number of para-hydroxylation sites is 1. The lowest BCUT2D eigenvalue weighted by Gasteiger charge is -2.34. The maximum absolute atomic E-state index is 14.6. The van der Waals surface area contributed by atoms with Crippen LogP contribution in [-0.2, 0) is 32.6 Å². The fourth-order valence-corrected chi connectivity index (χ4v) is 7.74. The van der Waals surface area contributed by atoms with E-state index in [1.165, 1.54) is 17.0 Å². The molecule has 0 radical (unpaired) electrons. The highest BCUT2D eigenvalue weighted by Gasteiger charge is 2.35. The van der Waals surface area contributed by atoms with Gasteiger partial charge in [-0.15, -0.1) is 0 Å². The topological polar surface area (TPSA) is 96.0 Å². The highest BCUT2D eigenvalue weighted by Crippen LogP contribution is 2.27. The number of rotatable bonds is 14. The van der Waals surface area contributed by atoms with E-state index < -0.39 is 28.5 Å². The van der Waals surface area contributed by atoms with Gasteiger partial charge in [0.15, 0.2) is 0 Å². The Morgan fingerprint density at radius 3 is 2.15 bits per heavy atom. The number of sulfonamides is 1. The number of amides is 2. The Balaban J connectivity index is 1.54. The van der Waals surface area contributed by atoms with Crippen molar-refractivity contribution in [3.8, 4) is 5.75 Å². The molecule has 2 amide bonds. The molecule has 1 aliphatic rings. The van der Waals surface area contributed by atoms with Crippen molar-refractivity contribution in [3.05, 3.63) is 125 Å². The van der Waals surface area contributed by atoms with Crippen LogP contribution in [0.1, 0.15) is 43.7 Å². The van der Waals surface area contributed by atoms with E-state index in [1.54, 1.807) is 42.5 Å². The normalized spacial score (nSPS) is 13.9. The molecule has 0 spiro atoms. The first kappa shape index (κ1) is 34.2. The third-order valence-corrected chi connectivity index (χ3v) is 10.5. The molecule has 1 atom stereocenters. The zero-order chi connectivity index (χ0) is 33.2. The van der Waals surface area contributed by atoms with E-state index in [1.807, 2.05) is 61.5 Å². The van der Waals surface area contributed by atoms with Crippen LogP contribution in [0.25, 0.3) is 0 Å². The van der Waals surface area contributed by atoms with Crippen LogP contribution >= 0.6 is 15.9 Å². The molecule has 4 aromatic rings. The first-order chi connectivity index (χ1) is 22.7. The van der Waals surface area contributed by atoms with Crippen LogP contribution in [0.4, 0.5) is 5.69 Å². The Morgan fingerprint density at radius 1 is 0.872 bits per heavy atom. The Morgan fingerprint density at radius 2 is 1.51 bits per heavy atom. The number of carbonyl (C=O) groups excluding carboxylic acids is 2. The summed E-state index contributed by atoms with van der Waals surface area (Å²) in [6.07, 6.45) is 4.15. The summed E-state index contributed by atoms with van der Waals surface area (Å²) in [5, 5.41) is 3.20. The quantitative estimate of drug-likeness (QED) is 0.156. The molecular formula is C37H40BrN3O5S. The molecule has 5 rings (SSSR count). The highest BCUT2D eigenvalue weighted by molar-refractivity contribution is 9.10. The van der Waals surface area contributed by atoms with E-state index in [0.29, 0.717) is 18.0 Å². The number of carbonyl (C=O) groups is 2. The Hall–Kier alpha value is -4.15. The second kappa shape index (κ2) is 16.1. The molecule has 0 aliphatic heterocycles. The molecule has 0 saturated heterocycles. The Kier molecular flexibility index (Phi) is 11.7. The molecule has 4 aromatic carbocycles. The molecule has 1 fully saturated rings. The SMILES string of the molecule is CCOc1ccc(S(=O)(=O)N(CC(=O)N(Cc2cccc(Br)c2)[C@H](Cc2ccccc2)C(=O)NC2CCCC2)c2ccccc2)cc1. The van der Waals surface area contributed by atoms with Crippen LogP contribution in [0.3, 0.4) is 0 Å². The number of hydrogen-bond acceptors (Lipinski definition) is 5. The summed E-state index contributed by atoms with van der Waals surface area (Å²) in [4.78, 5) is 30.3. The number of nitrogens with zero attached hydrogens (tertiary/aromatic N) is 2. The van der Waals surface area contributed by atoms with Gasteiger partial charge in [-0.3, -0.25) is 13.9 Å². The van der Waals surface area contributed by atoms with E-state index in [4.69, 9.17) is 4.74 Å². The van der Waals surface area contributed by atoms with Crippen LogP contribution < -0.4 is 14.4 Å². The predicted octanol–water partition coefficient (Wildman–Crippen LogP) is 6.74. The van der Waals surface area contributed by atoms with Gasteiger partial charge in [0.1, 0.15) is 18.3 Å². The Labute approximate surface area is 285 Å². The molecule has 47 heavy (non-hydrogen) atoms. The molecule has 1 aliphatic carbocycles. The van der Waals surface area contributed by atoms with Crippen LogP contribution in [-0.4, -0.2) is 50.4 Å². The van der Waals surface area contributed by atoms with E-state index in [9.17, 15) is 18.0 Å². The number of halogens is 1. The van der Waals surface area contributed by atoms with Crippen LogP contribution in [0, 0.1) is 0 Å². The number of nitrogens with one attached hydrogen (secondary N) is 1. The van der Waals surface area contributed by atoms with Crippen molar-refractivity contribution < 1.29 is 22.7 Å². The minimum Gasteiger partial charge on any atom is -0.494 e. The third kappa shape index (κ3) is 9.02. The lowest BCUT2D eigenvalue weighted by Crippen LogP contribution is -2.54. The van der Waals surface area contributed by atoms with Gasteiger partial charge in [0, 0.05) is 23.5 Å². The second-order valence-corrected chi connectivity index (χ2v) is 14.4. The minimum absolute atomic E-state index is 0.0240. The predicted molar refractivity (Wildman–Crippen MR) is 188 cm³/mol. The summed E-state index contributed by atoms with van der Waals surface area (Å²) < 4.78 is 35.9. The van der Waals surface area contributed by atoms with Crippen molar-refractivity contribution in [2.24, 2.45) is 0 Å². The van der Waals surface area contributed by atoms with Crippen molar-refractivity contribution in [1.29, 1.82) is 0 Å².